The van der Waals surface area contributed by atoms with Crippen LogP contribution in [0.15, 0.2) is 30.3 Å². The minimum Gasteiger partial charge on any atom is -0.396 e. The Morgan fingerprint density at radius 3 is 2.38 bits per heavy atom. The van der Waals surface area contributed by atoms with Gasteiger partial charge in [-0.25, -0.2) is 0 Å². The van der Waals surface area contributed by atoms with E-state index < -0.39 is 34.6 Å². The lowest BCUT2D eigenvalue weighted by molar-refractivity contribution is -0.148. The van der Waals surface area contributed by atoms with Gasteiger partial charge in [0, 0.05) is 25.2 Å². The van der Waals surface area contributed by atoms with E-state index in [1.54, 1.807) is 4.90 Å². The molecule has 216 valence electrons. The first-order chi connectivity index (χ1) is 18.3. The molecule has 3 heterocycles. The first-order valence-corrected chi connectivity index (χ1v) is 14.5. The highest BCUT2D eigenvalue weighted by molar-refractivity contribution is 5.99. The van der Waals surface area contributed by atoms with E-state index >= 15 is 0 Å². The average molecular weight is 542 g/mol. The Kier molecular flexibility index (Phi) is 8.21. The van der Waals surface area contributed by atoms with Crippen molar-refractivity contribution < 1.29 is 24.2 Å². The van der Waals surface area contributed by atoms with E-state index in [1.165, 1.54) is 0 Å². The number of fused-ring (bicyclic) bond motifs is 1. The number of amides is 3. The average Bonchev–Trinajstić information content (AvgIpc) is 3.45. The topological polar surface area (TPSA) is 108 Å². The Labute approximate surface area is 233 Å². The summed E-state index contributed by atoms with van der Waals surface area (Å²) >= 11 is 0. The lowest BCUT2D eigenvalue weighted by atomic mass is 9.65. The number of carbonyl (C=O) groups excluding carboxylic acids is 3. The number of hydrogen-bond donors (Lipinski definition) is 3. The number of nitrogens with one attached hydrogen (secondary N) is 2. The molecule has 0 radical (unpaired) electrons. The molecule has 2 unspecified atom stereocenters. The highest BCUT2D eigenvalue weighted by atomic mass is 16.5. The summed E-state index contributed by atoms with van der Waals surface area (Å²) in [6, 6.07) is 8.89. The SMILES string of the molecule is CC[C@@]12CCC3(O1)C(C(=O)NC(C)(C)CC(C)(C)C)N(CCCCO)C(=O)[C@@H]3[C@@H]2C(=O)NCc1ccccc1. The number of likely N-dealkylation sites (tertiary alicyclic amines) is 1. The third kappa shape index (κ3) is 5.60. The second-order valence-corrected chi connectivity index (χ2v) is 13.6. The molecule has 8 heteroatoms. The Hall–Kier alpha value is -2.45. The summed E-state index contributed by atoms with van der Waals surface area (Å²) in [6.45, 7) is 13.2. The molecule has 4 rings (SSSR count). The van der Waals surface area contributed by atoms with Crippen molar-refractivity contribution in [1.29, 1.82) is 0 Å². The summed E-state index contributed by atoms with van der Waals surface area (Å²) < 4.78 is 6.83. The summed E-state index contributed by atoms with van der Waals surface area (Å²) in [5.74, 6) is -1.96. The summed E-state index contributed by atoms with van der Waals surface area (Å²) in [5, 5.41) is 15.7. The molecule has 2 bridgehead atoms. The summed E-state index contributed by atoms with van der Waals surface area (Å²) in [6.07, 6.45) is 3.66. The molecule has 3 aliphatic heterocycles. The van der Waals surface area contributed by atoms with E-state index in [-0.39, 0.29) is 29.7 Å². The number of unbranched alkanes of at least 4 members (excludes halogenated alkanes) is 1. The first kappa shape index (κ1) is 29.5. The first-order valence-electron chi connectivity index (χ1n) is 14.5. The van der Waals surface area contributed by atoms with Gasteiger partial charge in [-0.05, 0) is 63.4 Å². The van der Waals surface area contributed by atoms with E-state index in [0.717, 1.165) is 12.0 Å². The third-order valence-corrected chi connectivity index (χ3v) is 8.76. The predicted molar refractivity (Wildman–Crippen MR) is 149 cm³/mol. The molecule has 1 spiro atoms. The molecular weight excluding hydrogens is 494 g/mol. The number of ether oxygens (including phenoxy) is 1. The Morgan fingerprint density at radius 2 is 1.77 bits per heavy atom. The van der Waals surface area contributed by atoms with Crippen LogP contribution in [-0.4, -0.2) is 63.7 Å². The number of rotatable bonds is 11. The van der Waals surface area contributed by atoms with Gasteiger partial charge in [-0.2, -0.15) is 0 Å². The smallest absolute Gasteiger partial charge is 0.246 e. The lowest BCUT2D eigenvalue weighted by Crippen LogP contribution is -2.59. The molecule has 0 aliphatic carbocycles. The second-order valence-electron chi connectivity index (χ2n) is 13.6. The van der Waals surface area contributed by atoms with Gasteiger partial charge in [0.25, 0.3) is 0 Å². The standard InChI is InChI=1S/C31H47N3O5/c1-7-30-15-16-31(39-30)23(22(30)25(36)32-19-21-13-9-8-10-14-21)27(38)34(17-11-12-18-35)24(31)26(37)33-29(5,6)20-28(2,3)4/h8-10,13-14,22-24,35H,7,11-12,15-20H2,1-6H3,(H,32,36)(H,33,37)/t22-,23+,24?,30+,31?/m1/s1. The van der Waals surface area contributed by atoms with Crippen molar-refractivity contribution in [3.63, 3.8) is 0 Å². The Bertz CT molecular complexity index is 1070. The number of aliphatic hydroxyl groups excluding tert-OH is 1. The monoisotopic (exact) mass is 541 g/mol. The molecule has 0 saturated carbocycles. The van der Waals surface area contributed by atoms with Crippen LogP contribution in [0.25, 0.3) is 0 Å². The van der Waals surface area contributed by atoms with Crippen molar-refractivity contribution in [1.82, 2.24) is 15.5 Å². The summed E-state index contributed by atoms with van der Waals surface area (Å²) in [4.78, 5) is 43.7. The Balaban J connectivity index is 1.66. The van der Waals surface area contributed by atoms with Gasteiger partial charge in [0.2, 0.25) is 17.7 Å². The van der Waals surface area contributed by atoms with Crippen LogP contribution in [0.3, 0.4) is 0 Å². The molecule has 1 aromatic carbocycles. The van der Waals surface area contributed by atoms with Gasteiger partial charge in [0.15, 0.2) is 0 Å². The molecule has 3 fully saturated rings. The molecular formula is C31H47N3O5. The fourth-order valence-electron chi connectivity index (χ4n) is 7.72. The number of aliphatic hydroxyl groups is 1. The van der Waals surface area contributed by atoms with Gasteiger partial charge in [0.05, 0.1) is 17.4 Å². The van der Waals surface area contributed by atoms with Gasteiger partial charge in [-0.15, -0.1) is 0 Å². The van der Waals surface area contributed by atoms with E-state index in [9.17, 15) is 19.5 Å². The molecule has 3 N–H and O–H groups in total. The van der Waals surface area contributed by atoms with Crippen molar-refractivity contribution >= 4 is 17.7 Å². The van der Waals surface area contributed by atoms with Crippen LogP contribution in [0, 0.1) is 17.3 Å². The number of benzene rings is 1. The van der Waals surface area contributed by atoms with Crippen molar-refractivity contribution in [2.45, 2.75) is 109 Å². The van der Waals surface area contributed by atoms with E-state index in [0.29, 0.717) is 45.2 Å². The van der Waals surface area contributed by atoms with Gasteiger partial charge in [-0.3, -0.25) is 14.4 Å². The van der Waals surface area contributed by atoms with Gasteiger partial charge in [0.1, 0.15) is 11.6 Å². The molecule has 1 aromatic rings. The molecule has 0 aromatic heterocycles. The molecule has 39 heavy (non-hydrogen) atoms. The van der Waals surface area contributed by atoms with Crippen LogP contribution < -0.4 is 10.6 Å². The van der Waals surface area contributed by atoms with Crippen LogP contribution in [0.1, 0.15) is 85.6 Å². The highest BCUT2D eigenvalue weighted by Crippen LogP contribution is 2.64. The van der Waals surface area contributed by atoms with Gasteiger partial charge in [-0.1, -0.05) is 58.0 Å². The third-order valence-electron chi connectivity index (χ3n) is 8.76. The fourth-order valence-corrected chi connectivity index (χ4v) is 7.72. The van der Waals surface area contributed by atoms with E-state index in [4.69, 9.17) is 4.74 Å². The van der Waals surface area contributed by atoms with Crippen molar-refractivity contribution in [2.24, 2.45) is 17.3 Å². The molecule has 3 saturated heterocycles. The van der Waals surface area contributed by atoms with E-state index in [1.807, 2.05) is 51.1 Å². The summed E-state index contributed by atoms with van der Waals surface area (Å²) in [5.41, 5.74) is -1.31. The highest BCUT2D eigenvalue weighted by Gasteiger charge is 2.78. The predicted octanol–water partition coefficient (Wildman–Crippen LogP) is 3.56. The number of carbonyl (C=O) groups is 3. The van der Waals surface area contributed by atoms with Crippen molar-refractivity contribution in [3.05, 3.63) is 35.9 Å². The van der Waals surface area contributed by atoms with Crippen LogP contribution in [0.4, 0.5) is 0 Å². The molecule has 5 atom stereocenters. The quantitative estimate of drug-likeness (QED) is 0.371. The van der Waals surface area contributed by atoms with Gasteiger partial charge >= 0.3 is 0 Å². The second kappa shape index (κ2) is 10.8. The lowest BCUT2D eigenvalue weighted by Gasteiger charge is -2.38. The van der Waals surface area contributed by atoms with E-state index in [2.05, 4.69) is 31.4 Å². The van der Waals surface area contributed by atoms with Crippen molar-refractivity contribution in [2.75, 3.05) is 13.2 Å². The maximum atomic E-state index is 14.1. The van der Waals surface area contributed by atoms with Gasteiger partial charge < -0.3 is 25.4 Å². The number of hydrogen-bond acceptors (Lipinski definition) is 5. The maximum absolute atomic E-state index is 14.1. The minimum absolute atomic E-state index is 0.000425. The zero-order valence-electron chi connectivity index (χ0n) is 24.5. The maximum Gasteiger partial charge on any atom is 0.246 e. The molecule has 3 amide bonds. The van der Waals surface area contributed by atoms with Crippen LogP contribution >= 0.6 is 0 Å². The van der Waals surface area contributed by atoms with Crippen LogP contribution in [-0.2, 0) is 25.7 Å². The minimum atomic E-state index is -1.04. The Morgan fingerprint density at radius 1 is 1.08 bits per heavy atom. The molecule has 8 nitrogen and oxygen atoms in total. The van der Waals surface area contributed by atoms with Crippen molar-refractivity contribution in [3.8, 4) is 0 Å². The zero-order chi connectivity index (χ0) is 28.6. The molecule has 3 aliphatic rings. The zero-order valence-corrected chi connectivity index (χ0v) is 24.5. The van der Waals surface area contributed by atoms with Crippen LogP contribution in [0.5, 0.6) is 0 Å². The summed E-state index contributed by atoms with van der Waals surface area (Å²) in [7, 11) is 0. The number of nitrogens with zero attached hydrogens (tertiary/aromatic N) is 1. The van der Waals surface area contributed by atoms with Crippen LogP contribution in [0.2, 0.25) is 0 Å². The largest absolute Gasteiger partial charge is 0.396 e. The fraction of sp³-hybridized carbons (Fsp3) is 0.710. The normalized spacial score (nSPS) is 30.0.